The van der Waals surface area contributed by atoms with Crippen molar-refractivity contribution in [1.29, 1.82) is 0 Å². The highest BCUT2D eigenvalue weighted by Crippen LogP contribution is 2.23. The fourth-order valence-corrected chi connectivity index (χ4v) is 1.79. The van der Waals surface area contributed by atoms with E-state index in [9.17, 15) is 13.2 Å². The maximum atomic E-state index is 12.5. The first-order valence-electron chi connectivity index (χ1n) is 6.47. The largest absolute Gasteiger partial charge is 0.432 e. The number of hydrogen-bond acceptors (Lipinski definition) is 4. The van der Waals surface area contributed by atoms with Gasteiger partial charge in [-0.15, -0.1) is 0 Å². The van der Waals surface area contributed by atoms with Crippen molar-refractivity contribution in [2.24, 2.45) is 0 Å². The van der Waals surface area contributed by atoms with Gasteiger partial charge >= 0.3 is 6.18 Å². The first-order valence-corrected chi connectivity index (χ1v) is 6.47. The Bertz CT molecular complexity index is 401. The van der Waals surface area contributed by atoms with Gasteiger partial charge in [0.15, 0.2) is 0 Å². The summed E-state index contributed by atoms with van der Waals surface area (Å²) in [5.41, 5.74) is 0.644. The first kappa shape index (κ1) is 14.2. The lowest BCUT2D eigenvalue weighted by Crippen LogP contribution is -2.35. The van der Waals surface area contributed by atoms with Crippen LogP contribution in [0.2, 0.25) is 0 Å². The molecule has 1 aliphatic rings. The Morgan fingerprint density at radius 2 is 2.21 bits per heavy atom. The van der Waals surface area contributed by atoms with Crippen LogP contribution in [-0.2, 0) is 6.54 Å². The minimum absolute atomic E-state index is 0.0479. The molecule has 0 aliphatic heterocycles. The van der Waals surface area contributed by atoms with Crippen molar-refractivity contribution in [3.8, 4) is 0 Å². The number of halogens is 3. The molecule has 1 aliphatic carbocycles. The topological polar surface area (TPSA) is 41.3 Å². The van der Waals surface area contributed by atoms with Gasteiger partial charge in [0.2, 0.25) is 0 Å². The van der Waals surface area contributed by atoms with Gasteiger partial charge < -0.3 is 14.6 Å². The van der Waals surface area contributed by atoms with E-state index in [1.807, 2.05) is 6.92 Å². The zero-order chi connectivity index (χ0) is 13.9. The minimum Gasteiger partial charge on any atom is -0.432 e. The Balaban J connectivity index is 1.95. The molecule has 1 aromatic heterocycles. The fourth-order valence-electron chi connectivity index (χ4n) is 1.79. The van der Waals surface area contributed by atoms with Crippen LogP contribution in [0, 0.1) is 0 Å². The molecule has 0 radical (unpaired) electrons. The van der Waals surface area contributed by atoms with E-state index in [2.05, 4.69) is 10.3 Å². The molecule has 0 amide bonds. The predicted molar refractivity (Wildman–Crippen MR) is 64.9 cm³/mol. The number of aromatic nitrogens is 1. The average Bonchev–Trinajstić information content (AvgIpc) is 3.02. The summed E-state index contributed by atoms with van der Waals surface area (Å²) in [6, 6.07) is 0.578. The van der Waals surface area contributed by atoms with Crippen LogP contribution in [0.1, 0.15) is 31.9 Å². The molecule has 7 heteroatoms. The highest BCUT2D eigenvalue weighted by molar-refractivity contribution is 5.27. The number of alkyl halides is 3. The van der Waals surface area contributed by atoms with Crippen molar-refractivity contribution in [3.63, 3.8) is 0 Å². The number of rotatable bonds is 7. The Labute approximate surface area is 110 Å². The molecular weight excluding hydrogens is 259 g/mol. The summed E-state index contributed by atoms with van der Waals surface area (Å²) in [7, 11) is 0. The van der Waals surface area contributed by atoms with Crippen molar-refractivity contribution in [2.75, 3.05) is 18.0 Å². The van der Waals surface area contributed by atoms with Crippen molar-refractivity contribution >= 4 is 6.01 Å². The minimum atomic E-state index is -4.25. The normalized spacial score (nSPS) is 15.8. The van der Waals surface area contributed by atoms with Crippen LogP contribution in [0.4, 0.5) is 19.2 Å². The zero-order valence-corrected chi connectivity index (χ0v) is 10.8. The van der Waals surface area contributed by atoms with E-state index in [0.717, 1.165) is 17.7 Å². The molecule has 1 fully saturated rings. The van der Waals surface area contributed by atoms with Crippen molar-refractivity contribution in [1.82, 2.24) is 10.3 Å². The molecule has 2 rings (SSSR count). The summed E-state index contributed by atoms with van der Waals surface area (Å²) < 4.78 is 42.5. The van der Waals surface area contributed by atoms with Crippen LogP contribution in [0.25, 0.3) is 0 Å². The second-order valence-electron chi connectivity index (χ2n) is 4.81. The van der Waals surface area contributed by atoms with E-state index < -0.39 is 12.7 Å². The molecule has 0 aromatic carbocycles. The van der Waals surface area contributed by atoms with Crippen LogP contribution in [0.15, 0.2) is 10.7 Å². The van der Waals surface area contributed by atoms with E-state index in [0.29, 0.717) is 24.7 Å². The number of hydrogen-bond donors (Lipinski definition) is 1. The van der Waals surface area contributed by atoms with E-state index in [1.165, 1.54) is 6.26 Å². The number of nitrogens with one attached hydrogen (secondary N) is 1. The second-order valence-corrected chi connectivity index (χ2v) is 4.81. The van der Waals surface area contributed by atoms with Gasteiger partial charge in [0.05, 0.1) is 5.69 Å². The van der Waals surface area contributed by atoms with Crippen molar-refractivity contribution < 1.29 is 17.6 Å². The highest BCUT2D eigenvalue weighted by Gasteiger charge is 2.32. The van der Waals surface area contributed by atoms with Gasteiger partial charge in [-0.05, 0) is 19.3 Å². The summed E-state index contributed by atoms with van der Waals surface area (Å²) in [5.74, 6) is 0. The maximum Gasteiger partial charge on any atom is 0.406 e. The molecule has 1 heterocycles. The van der Waals surface area contributed by atoms with Crippen molar-refractivity contribution in [2.45, 2.75) is 44.9 Å². The molecule has 1 N–H and O–H groups in total. The molecular formula is C12H18F3N3O. The Morgan fingerprint density at radius 1 is 1.47 bits per heavy atom. The Kier molecular flexibility index (Phi) is 4.34. The third kappa shape index (κ3) is 4.74. The first-order chi connectivity index (χ1) is 8.98. The van der Waals surface area contributed by atoms with Crippen LogP contribution >= 0.6 is 0 Å². The van der Waals surface area contributed by atoms with Gasteiger partial charge in [-0.25, -0.2) is 0 Å². The van der Waals surface area contributed by atoms with E-state index in [1.54, 1.807) is 0 Å². The van der Waals surface area contributed by atoms with Gasteiger partial charge in [0.25, 0.3) is 6.01 Å². The number of nitrogens with zero attached hydrogens (tertiary/aromatic N) is 2. The summed E-state index contributed by atoms with van der Waals surface area (Å²) >= 11 is 0. The number of oxazole rings is 1. The molecule has 108 valence electrons. The quantitative estimate of drug-likeness (QED) is 0.832. The molecule has 19 heavy (non-hydrogen) atoms. The third-order valence-electron chi connectivity index (χ3n) is 2.82. The van der Waals surface area contributed by atoms with Gasteiger partial charge in [0, 0.05) is 19.1 Å². The predicted octanol–water partition coefficient (Wildman–Crippen LogP) is 2.71. The summed E-state index contributed by atoms with van der Waals surface area (Å²) in [6.07, 6.45) is 0.0788. The van der Waals surface area contributed by atoms with Gasteiger partial charge in [-0.3, -0.25) is 0 Å². The molecule has 0 atom stereocenters. The Morgan fingerprint density at radius 3 is 2.79 bits per heavy atom. The van der Waals surface area contributed by atoms with E-state index >= 15 is 0 Å². The number of anilines is 1. The smallest absolute Gasteiger partial charge is 0.406 e. The summed E-state index contributed by atoms with van der Waals surface area (Å²) in [5, 5.41) is 3.24. The van der Waals surface area contributed by atoms with Crippen LogP contribution in [-0.4, -0.2) is 30.3 Å². The highest BCUT2D eigenvalue weighted by atomic mass is 19.4. The van der Waals surface area contributed by atoms with E-state index in [4.69, 9.17) is 4.42 Å². The van der Waals surface area contributed by atoms with Crippen molar-refractivity contribution in [3.05, 3.63) is 12.0 Å². The molecule has 1 saturated carbocycles. The standard InChI is InChI=1S/C12H18F3N3O/c1-2-5-18(8-12(13,14)15)11-17-10(7-19-11)6-16-9-3-4-9/h7,9,16H,2-6,8H2,1H3. The van der Waals surface area contributed by atoms with E-state index in [-0.39, 0.29) is 12.6 Å². The molecule has 0 unspecified atom stereocenters. The van der Waals surface area contributed by atoms with Gasteiger partial charge in [-0.1, -0.05) is 6.92 Å². The van der Waals surface area contributed by atoms with Crippen LogP contribution in [0.3, 0.4) is 0 Å². The molecule has 4 nitrogen and oxygen atoms in total. The average molecular weight is 277 g/mol. The van der Waals surface area contributed by atoms with Crippen LogP contribution < -0.4 is 10.2 Å². The third-order valence-corrected chi connectivity index (χ3v) is 2.82. The summed E-state index contributed by atoms with van der Waals surface area (Å²) in [4.78, 5) is 5.24. The van der Waals surface area contributed by atoms with Gasteiger partial charge in [0.1, 0.15) is 12.8 Å². The molecule has 1 aromatic rings. The SMILES string of the molecule is CCCN(CC(F)(F)F)c1nc(CNC2CC2)co1. The Hall–Kier alpha value is -1.24. The molecule has 0 bridgehead atoms. The molecule has 0 spiro atoms. The zero-order valence-electron chi connectivity index (χ0n) is 10.8. The lowest BCUT2D eigenvalue weighted by atomic mass is 10.4. The maximum absolute atomic E-state index is 12.5. The second kappa shape index (κ2) is 5.81. The monoisotopic (exact) mass is 277 g/mol. The lowest BCUT2D eigenvalue weighted by molar-refractivity contribution is -0.120. The summed E-state index contributed by atoms with van der Waals surface area (Å²) in [6.45, 7) is 1.61. The fraction of sp³-hybridized carbons (Fsp3) is 0.750. The van der Waals surface area contributed by atoms with Gasteiger partial charge in [-0.2, -0.15) is 18.2 Å². The lowest BCUT2D eigenvalue weighted by Gasteiger charge is -2.21. The van der Waals surface area contributed by atoms with Crippen LogP contribution in [0.5, 0.6) is 0 Å². The molecule has 0 saturated heterocycles.